The molecule has 0 atom stereocenters. The lowest BCUT2D eigenvalue weighted by Crippen LogP contribution is -2.28. The van der Waals surface area contributed by atoms with Crippen molar-refractivity contribution in [1.29, 1.82) is 0 Å². The van der Waals surface area contributed by atoms with E-state index in [1.165, 1.54) is 23.5 Å². The smallest absolute Gasteiger partial charge is 0.273 e. The van der Waals surface area contributed by atoms with Gasteiger partial charge in [0.2, 0.25) is 10.0 Å². The van der Waals surface area contributed by atoms with Crippen LogP contribution >= 0.6 is 0 Å². The highest BCUT2D eigenvalue weighted by Gasteiger charge is 2.30. The summed E-state index contributed by atoms with van der Waals surface area (Å²) in [6, 6.07) is 3.53. The largest absolute Gasteiger partial charge is 0.495 e. The van der Waals surface area contributed by atoms with E-state index in [2.05, 4.69) is 0 Å². The lowest BCUT2D eigenvalue weighted by atomic mass is 10.3. The van der Waals surface area contributed by atoms with Gasteiger partial charge in [-0.1, -0.05) is 0 Å². The van der Waals surface area contributed by atoms with Crippen LogP contribution in [0, 0.1) is 10.1 Å². The van der Waals surface area contributed by atoms with Gasteiger partial charge in [0.05, 0.1) is 18.1 Å². The monoisotopic (exact) mass is 286 g/mol. The topological polar surface area (TPSA) is 89.7 Å². The molecule has 0 amide bonds. The second-order valence-corrected chi connectivity index (χ2v) is 6.11. The SMILES string of the molecule is COc1cc([N+](=O)[O-])ccc1S(=O)(=O)N1CCCC1. The van der Waals surface area contributed by atoms with E-state index in [4.69, 9.17) is 4.74 Å². The predicted octanol–water partition coefficient (Wildman–Crippen LogP) is 1.39. The summed E-state index contributed by atoms with van der Waals surface area (Å²) >= 11 is 0. The van der Waals surface area contributed by atoms with Crippen molar-refractivity contribution < 1.29 is 18.1 Å². The molecule has 2 rings (SSSR count). The van der Waals surface area contributed by atoms with Gasteiger partial charge in [-0.2, -0.15) is 4.31 Å². The third kappa shape index (κ3) is 2.54. The molecule has 1 aromatic rings. The maximum Gasteiger partial charge on any atom is 0.273 e. The number of sulfonamides is 1. The lowest BCUT2D eigenvalue weighted by Gasteiger charge is -2.17. The zero-order chi connectivity index (χ0) is 14.0. The second-order valence-electron chi connectivity index (χ2n) is 4.20. The van der Waals surface area contributed by atoms with Gasteiger partial charge < -0.3 is 4.74 Å². The van der Waals surface area contributed by atoms with Crippen LogP contribution in [-0.2, 0) is 10.0 Å². The van der Waals surface area contributed by atoms with E-state index in [1.807, 2.05) is 0 Å². The molecule has 0 N–H and O–H groups in total. The Morgan fingerprint density at radius 1 is 1.32 bits per heavy atom. The number of benzene rings is 1. The first-order valence-electron chi connectivity index (χ1n) is 5.79. The zero-order valence-corrected chi connectivity index (χ0v) is 11.2. The zero-order valence-electron chi connectivity index (χ0n) is 10.4. The maximum atomic E-state index is 12.4. The van der Waals surface area contributed by atoms with Crippen LogP contribution in [-0.4, -0.2) is 37.8 Å². The number of nitro benzene ring substituents is 1. The molecule has 0 aromatic heterocycles. The van der Waals surface area contributed by atoms with E-state index in [0.717, 1.165) is 18.9 Å². The van der Waals surface area contributed by atoms with Gasteiger partial charge in [0.15, 0.2) is 0 Å². The van der Waals surface area contributed by atoms with Gasteiger partial charge in [0.25, 0.3) is 5.69 Å². The number of ether oxygens (including phenoxy) is 1. The van der Waals surface area contributed by atoms with E-state index in [0.29, 0.717) is 13.1 Å². The Hall–Kier alpha value is -1.67. The number of hydrogen-bond donors (Lipinski definition) is 0. The molecule has 7 nitrogen and oxygen atoms in total. The number of nitrogens with zero attached hydrogens (tertiary/aromatic N) is 2. The maximum absolute atomic E-state index is 12.4. The van der Waals surface area contributed by atoms with Gasteiger partial charge in [0.1, 0.15) is 10.6 Å². The van der Waals surface area contributed by atoms with E-state index < -0.39 is 14.9 Å². The molecule has 0 radical (unpaired) electrons. The van der Waals surface area contributed by atoms with Crippen molar-refractivity contribution in [3.8, 4) is 5.75 Å². The minimum Gasteiger partial charge on any atom is -0.495 e. The van der Waals surface area contributed by atoms with Crippen molar-refractivity contribution in [1.82, 2.24) is 4.31 Å². The van der Waals surface area contributed by atoms with Gasteiger partial charge in [-0.25, -0.2) is 8.42 Å². The highest BCUT2D eigenvalue weighted by molar-refractivity contribution is 7.89. The standard InChI is InChI=1S/C11H14N2O5S/c1-18-10-8-9(13(14)15)4-5-11(10)19(16,17)12-6-2-3-7-12/h4-5,8H,2-3,6-7H2,1H3. The first kappa shape index (κ1) is 13.8. The molecule has 1 fully saturated rings. The Morgan fingerprint density at radius 3 is 2.47 bits per heavy atom. The van der Waals surface area contributed by atoms with Crippen LogP contribution < -0.4 is 4.74 Å². The summed E-state index contributed by atoms with van der Waals surface area (Å²) in [5.74, 6) is 0.00102. The summed E-state index contributed by atoms with van der Waals surface area (Å²) in [6.45, 7) is 0.949. The van der Waals surface area contributed by atoms with Gasteiger partial charge >= 0.3 is 0 Å². The highest BCUT2D eigenvalue weighted by Crippen LogP contribution is 2.31. The summed E-state index contributed by atoms with van der Waals surface area (Å²) < 4.78 is 31.1. The molecule has 1 aromatic carbocycles. The first-order chi connectivity index (χ1) is 8.96. The molecular weight excluding hydrogens is 272 g/mol. The normalized spacial score (nSPS) is 16.5. The van der Waals surface area contributed by atoms with Crippen LogP contribution in [0.3, 0.4) is 0 Å². The number of hydrogen-bond acceptors (Lipinski definition) is 5. The summed E-state index contributed by atoms with van der Waals surface area (Å²) in [5.41, 5.74) is -0.197. The molecule has 0 unspecified atom stereocenters. The van der Waals surface area contributed by atoms with Crippen molar-refractivity contribution in [2.24, 2.45) is 0 Å². The molecule has 0 bridgehead atoms. The van der Waals surface area contributed by atoms with E-state index >= 15 is 0 Å². The first-order valence-corrected chi connectivity index (χ1v) is 7.23. The molecular formula is C11H14N2O5S. The minimum atomic E-state index is -3.64. The van der Waals surface area contributed by atoms with Crippen molar-refractivity contribution in [2.45, 2.75) is 17.7 Å². The van der Waals surface area contributed by atoms with Crippen LogP contribution in [0.4, 0.5) is 5.69 Å². The molecule has 8 heteroatoms. The van der Waals surface area contributed by atoms with Crippen LogP contribution in [0.25, 0.3) is 0 Å². The molecule has 104 valence electrons. The van der Waals surface area contributed by atoms with Crippen molar-refractivity contribution in [2.75, 3.05) is 20.2 Å². The number of nitro groups is 1. The average Bonchev–Trinajstić information content (AvgIpc) is 2.92. The molecule has 1 saturated heterocycles. The Kier molecular flexibility index (Phi) is 3.72. The van der Waals surface area contributed by atoms with Crippen LogP contribution in [0.15, 0.2) is 23.1 Å². The van der Waals surface area contributed by atoms with Crippen LogP contribution in [0.5, 0.6) is 5.75 Å². The highest BCUT2D eigenvalue weighted by atomic mass is 32.2. The van der Waals surface area contributed by atoms with Crippen LogP contribution in [0.1, 0.15) is 12.8 Å². The third-order valence-electron chi connectivity index (χ3n) is 3.04. The van der Waals surface area contributed by atoms with E-state index in [9.17, 15) is 18.5 Å². The lowest BCUT2D eigenvalue weighted by molar-refractivity contribution is -0.385. The third-order valence-corrected chi connectivity index (χ3v) is 4.98. The molecule has 19 heavy (non-hydrogen) atoms. The number of rotatable bonds is 4. The Labute approximate surface area is 111 Å². The van der Waals surface area contributed by atoms with Gasteiger partial charge in [-0.15, -0.1) is 0 Å². The summed E-state index contributed by atoms with van der Waals surface area (Å²) in [6.07, 6.45) is 1.66. The molecule has 1 aliphatic rings. The fraction of sp³-hybridized carbons (Fsp3) is 0.455. The Balaban J connectivity index is 2.47. The van der Waals surface area contributed by atoms with Crippen LogP contribution in [0.2, 0.25) is 0 Å². The molecule has 1 aliphatic heterocycles. The van der Waals surface area contributed by atoms with Gasteiger partial charge in [0, 0.05) is 19.2 Å². The molecule has 0 saturated carbocycles. The summed E-state index contributed by atoms with van der Waals surface area (Å²) in [5, 5.41) is 10.7. The fourth-order valence-electron chi connectivity index (χ4n) is 2.05. The van der Waals surface area contributed by atoms with Crippen molar-refractivity contribution in [3.63, 3.8) is 0 Å². The van der Waals surface area contributed by atoms with Gasteiger partial charge in [-0.3, -0.25) is 10.1 Å². The minimum absolute atomic E-state index is 0.00102. The summed E-state index contributed by atoms with van der Waals surface area (Å²) in [4.78, 5) is 10.1. The van der Waals surface area contributed by atoms with Crippen molar-refractivity contribution >= 4 is 15.7 Å². The quantitative estimate of drug-likeness (QED) is 0.616. The number of non-ortho nitro benzene ring substituents is 1. The summed E-state index contributed by atoms with van der Waals surface area (Å²) in [7, 11) is -2.34. The van der Waals surface area contributed by atoms with E-state index in [-0.39, 0.29) is 16.3 Å². The molecule has 0 spiro atoms. The molecule has 1 heterocycles. The van der Waals surface area contributed by atoms with E-state index in [1.54, 1.807) is 0 Å². The average molecular weight is 286 g/mol. The predicted molar refractivity (Wildman–Crippen MR) is 67.6 cm³/mol. The molecule has 0 aliphatic carbocycles. The second kappa shape index (κ2) is 5.14. The fourth-order valence-corrected chi connectivity index (χ4v) is 3.70. The Morgan fingerprint density at radius 2 is 1.95 bits per heavy atom. The van der Waals surface area contributed by atoms with Gasteiger partial charge in [-0.05, 0) is 18.9 Å². The Bertz CT molecular complexity index is 593. The number of methoxy groups -OCH3 is 1. The van der Waals surface area contributed by atoms with Crippen molar-refractivity contribution in [3.05, 3.63) is 28.3 Å².